The fourth-order valence-electron chi connectivity index (χ4n) is 2.52. The highest BCUT2D eigenvalue weighted by Gasteiger charge is 2.46. The number of dihydropyridines is 1. The van der Waals surface area contributed by atoms with Gasteiger partial charge in [0.05, 0.1) is 11.0 Å². The van der Waals surface area contributed by atoms with E-state index in [0.29, 0.717) is 5.75 Å². The predicted octanol–water partition coefficient (Wildman–Crippen LogP) is 2.28. The highest BCUT2D eigenvalue weighted by molar-refractivity contribution is 9.12. The summed E-state index contributed by atoms with van der Waals surface area (Å²) >= 11 is 9.11. The number of primary sulfonamides is 1. The molecule has 0 bridgehead atoms. The van der Waals surface area contributed by atoms with Crippen molar-refractivity contribution in [3.8, 4) is 5.75 Å². The zero-order valence-electron chi connectivity index (χ0n) is 13.1. The van der Waals surface area contributed by atoms with Crippen molar-refractivity contribution in [2.24, 2.45) is 10.1 Å². The van der Waals surface area contributed by atoms with Crippen LogP contribution in [-0.4, -0.2) is 25.8 Å². The molecule has 1 aromatic heterocycles. The third-order valence-electron chi connectivity index (χ3n) is 3.84. The van der Waals surface area contributed by atoms with Crippen LogP contribution in [0.1, 0.15) is 5.56 Å². The van der Waals surface area contributed by atoms with Crippen molar-refractivity contribution in [2.45, 2.75) is 4.75 Å². The molecule has 0 amide bonds. The van der Waals surface area contributed by atoms with E-state index in [1.165, 1.54) is 18.5 Å². The number of rotatable bonds is 3. The van der Waals surface area contributed by atoms with Crippen LogP contribution in [0.25, 0.3) is 0 Å². The summed E-state index contributed by atoms with van der Waals surface area (Å²) in [4.78, 5) is 19.3. The van der Waals surface area contributed by atoms with Crippen LogP contribution in [0.5, 0.6) is 5.75 Å². The first-order chi connectivity index (χ1) is 12.2. The molecular formula is C16H13BrClN3O4S. The smallest absolute Gasteiger partial charge is 0.228 e. The zero-order valence-corrected chi connectivity index (χ0v) is 16.3. The topological polar surface area (TPSA) is 115 Å². The molecule has 3 N–H and O–H groups in total. The quantitative estimate of drug-likeness (QED) is 0.734. The average molecular weight is 459 g/mol. The van der Waals surface area contributed by atoms with Crippen molar-refractivity contribution in [1.29, 1.82) is 0 Å². The van der Waals surface area contributed by atoms with E-state index >= 15 is 0 Å². The maximum atomic E-state index is 12.4. The molecule has 1 aliphatic heterocycles. The lowest BCUT2D eigenvalue weighted by Crippen LogP contribution is -2.47. The number of nitrogens with zero attached hydrogens (tertiary/aromatic N) is 1. The highest BCUT2D eigenvalue weighted by atomic mass is 79.9. The molecular weight excluding hydrogens is 446 g/mol. The number of aromatic nitrogens is 1. The minimum absolute atomic E-state index is 0.119. The number of para-hydroxylation sites is 1. The lowest BCUT2D eigenvalue weighted by atomic mass is 9.97. The fraction of sp³-hybridized carbons (Fsp3) is 0.125. The van der Waals surface area contributed by atoms with Crippen LogP contribution in [0.4, 0.5) is 0 Å². The minimum atomic E-state index is -4.26. The molecule has 10 heteroatoms. The average Bonchev–Trinajstić information content (AvgIpc) is 2.59. The number of ether oxygens (including phenoxy) is 1. The number of benzene rings is 1. The van der Waals surface area contributed by atoms with Gasteiger partial charge >= 0.3 is 0 Å². The monoisotopic (exact) mass is 457 g/mol. The second-order valence-electron chi connectivity index (χ2n) is 5.51. The van der Waals surface area contributed by atoms with Gasteiger partial charge in [-0.2, -0.15) is 0 Å². The van der Waals surface area contributed by atoms with Crippen molar-refractivity contribution in [3.05, 3.63) is 74.1 Å². The van der Waals surface area contributed by atoms with Crippen molar-refractivity contribution < 1.29 is 13.2 Å². The molecule has 1 atom stereocenters. The van der Waals surface area contributed by atoms with Crippen LogP contribution >= 0.6 is 27.5 Å². The predicted molar refractivity (Wildman–Crippen MR) is 103 cm³/mol. The molecule has 0 spiro atoms. The largest absolute Gasteiger partial charge is 0.438 e. The van der Waals surface area contributed by atoms with Gasteiger partial charge in [0, 0.05) is 18.0 Å². The van der Waals surface area contributed by atoms with Crippen LogP contribution < -0.4 is 15.3 Å². The third kappa shape index (κ3) is 3.35. The van der Waals surface area contributed by atoms with E-state index in [1.807, 2.05) is 6.07 Å². The number of aliphatic imine (C=N–C) groups is 1. The minimum Gasteiger partial charge on any atom is -0.438 e. The lowest BCUT2D eigenvalue weighted by molar-refractivity contribution is 0.530. The molecule has 0 fully saturated rings. The third-order valence-corrected chi connectivity index (χ3v) is 6.17. The van der Waals surface area contributed by atoms with Gasteiger partial charge in [-0.15, -0.1) is 0 Å². The van der Waals surface area contributed by atoms with E-state index in [-0.39, 0.29) is 27.5 Å². The summed E-state index contributed by atoms with van der Waals surface area (Å²) < 4.78 is 28.8. The van der Waals surface area contributed by atoms with Gasteiger partial charge in [-0.1, -0.05) is 29.8 Å². The number of nitrogens with one attached hydrogen (secondary N) is 1. The molecule has 0 saturated carbocycles. The summed E-state index contributed by atoms with van der Waals surface area (Å²) in [5.41, 5.74) is -0.759. The Morgan fingerprint density at radius 2 is 1.96 bits per heavy atom. The van der Waals surface area contributed by atoms with Crippen LogP contribution in [-0.2, 0) is 14.8 Å². The van der Waals surface area contributed by atoms with Gasteiger partial charge in [-0.3, -0.25) is 4.79 Å². The molecule has 0 radical (unpaired) electrons. The Bertz CT molecular complexity index is 1070. The number of H-pyrrole nitrogens is 1. The van der Waals surface area contributed by atoms with Crippen LogP contribution in [0.2, 0.25) is 5.02 Å². The van der Waals surface area contributed by atoms with E-state index in [4.69, 9.17) is 21.5 Å². The van der Waals surface area contributed by atoms with Crippen molar-refractivity contribution in [3.63, 3.8) is 0 Å². The van der Waals surface area contributed by atoms with Gasteiger partial charge in [0.15, 0.2) is 4.75 Å². The van der Waals surface area contributed by atoms with Gasteiger partial charge in [0.2, 0.25) is 21.3 Å². The Hall–Kier alpha value is -1.94. The zero-order chi connectivity index (χ0) is 18.9. The Morgan fingerprint density at radius 1 is 1.27 bits per heavy atom. The Morgan fingerprint density at radius 3 is 2.58 bits per heavy atom. The Kier molecular flexibility index (Phi) is 5.07. The summed E-state index contributed by atoms with van der Waals surface area (Å²) in [6.45, 7) is -0.327. The summed E-state index contributed by atoms with van der Waals surface area (Å²) in [6, 6.07) is 8.86. The van der Waals surface area contributed by atoms with Gasteiger partial charge < -0.3 is 9.72 Å². The molecule has 1 aliphatic rings. The second kappa shape index (κ2) is 6.99. The molecule has 26 heavy (non-hydrogen) atoms. The van der Waals surface area contributed by atoms with Crippen molar-refractivity contribution in [2.75, 3.05) is 6.54 Å². The van der Waals surface area contributed by atoms with Gasteiger partial charge in [-0.05, 0) is 34.1 Å². The number of hydrogen-bond acceptors (Lipinski definition) is 5. The standard InChI is InChI=1S/C16H13BrClN3O4S/c17-12-6-16(26(19,23)24,11-7-20-8-13(18)14(11)22)9-21-15(12)25-10-4-2-1-3-5-10/h1-8H,9H2,(H,20,22)(H2,19,23,24). The van der Waals surface area contributed by atoms with E-state index in [9.17, 15) is 13.2 Å². The normalized spacial score (nSPS) is 20.3. The number of hydrogen-bond donors (Lipinski definition) is 2. The van der Waals surface area contributed by atoms with Gasteiger partial charge in [-0.25, -0.2) is 18.5 Å². The fourth-order valence-corrected chi connectivity index (χ4v) is 4.42. The first-order valence-electron chi connectivity index (χ1n) is 7.30. The highest BCUT2D eigenvalue weighted by Crippen LogP contribution is 2.35. The summed E-state index contributed by atoms with van der Waals surface area (Å²) in [5, 5.41) is 5.31. The maximum Gasteiger partial charge on any atom is 0.228 e. The number of aromatic amines is 1. The molecule has 1 aromatic carbocycles. The molecule has 0 aliphatic carbocycles. The van der Waals surface area contributed by atoms with Gasteiger partial charge in [0.1, 0.15) is 10.8 Å². The first-order valence-corrected chi connectivity index (χ1v) is 10.0. The molecule has 2 heterocycles. The molecule has 0 saturated heterocycles. The first kappa shape index (κ1) is 18.8. The van der Waals surface area contributed by atoms with E-state index < -0.39 is 20.2 Å². The van der Waals surface area contributed by atoms with E-state index in [1.54, 1.807) is 24.3 Å². The molecule has 136 valence electrons. The summed E-state index contributed by atoms with van der Waals surface area (Å²) in [7, 11) is -4.26. The molecule has 7 nitrogen and oxygen atoms in total. The van der Waals surface area contributed by atoms with Crippen molar-refractivity contribution in [1.82, 2.24) is 4.98 Å². The molecule has 3 rings (SSSR count). The van der Waals surface area contributed by atoms with E-state index in [0.717, 1.165) is 0 Å². The number of halogens is 2. The Labute approximate surface area is 162 Å². The molecule has 2 aromatic rings. The van der Waals surface area contributed by atoms with E-state index in [2.05, 4.69) is 25.9 Å². The number of pyridine rings is 1. The van der Waals surface area contributed by atoms with Crippen LogP contribution in [0.15, 0.2) is 63.1 Å². The Balaban J connectivity index is 2.08. The lowest BCUT2D eigenvalue weighted by Gasteiger charge is -2.30. The van der Waals surface area contributed by atoms with Gasteiger partial charge in [0.25, 0.3) is 0 Å². The van der Waals surface area contributed by atoms with Crippen molar-refractivity contribution >= 4 is 43.5 Å². The second-order valence-corrected chi connectivity index (χ2v) is 8.59. The number of sulfonamides is 1. The maximum absolute atomic E-state index is 12.4. The van der Waals surface area contributed by atoms with Crippen LogP contribution in [0.3, 0.4) is 0 Å². The SMILES string of the molecule is NS(=O)(=O)C1(c2c[nH]cc(Cl)c2=O)C=C(Br)C(Oc2ccccc2)=NC1. The number of nitrogens with two attached hydrogens (primary N) is 1. The summed E-state index contributed by atoms with van der Waals surface area (Å²) in [5.74, 6) is 0.703. The van der Waals surface area contributed by atoms with Crippen LogP contribution in [0, 0.1) is 0 Å². The summed E-state index contributed by atoms with van der Waals surface area (Å²) in [6.07, 6.45) is 3.82. The molecule has 1 unspecified atom stereocenters.